The van der Waals surface area contributed by atoms with Gasteiger partial charge in [0.25, 0.3) is 5.56 Å². The molecule has 2 heterocycles. The standard InChI is InChI=1S/C22H29N5O2S/c1-2-3-4-5-6-7-14-20-25-26-22(30-20)24-19(28)13-10-15-27-16-23-18-12-9-8-11-17(18)21(27)29/h8-9,11-12,16H,2-7,10,13-15H2,1H3,(H,24,26,28). The number of carbonyl (C=O) groups is 1. The van der Waals surface area contributed by atoms with Crippen LogP contribution in [-0.4, -0.2) is 25.7 Å². The van der Waals surface area contributed by atoms with Gasteiger partial charge < -0.3 is 5.32 Å². The summed E-state index contributed by atoms with van der Waals surface area (Å²) < 4.78 is 1.55. The summed E-state index contributed by atoms with van der Waals surface area (Å²) in [6, 6.07) is 7.27. The van der Waals surface area contributed by atoms with Crippen LogP contribution in [0.15, 0.2) is 35.4 Å². The molecule has 0 aliphatic heterocycles. The SMILES string of the molecule is CCCCCCCCc1nnc(NC(=O)CCCn2cnc3ccccc3c2=O)s1. The van der Waals surface area contributed by atoms with Gasteiger partial charge in [-0.25, -0.2) is 4.98 Å². The van der Waals surface area contributed by atoms with E-state index < -0.39 is 0 Å². The Morgan fingerprint density at radius 2 is 1.87 bits per heavy atom. The molecule has 1 aromatic carbocycles. The summed E-state index contributed by atoms with van der Waals surface area (Å²) in [6.45, 7) is 2.67. The third-order valence-electron chi connectivity index (χ3n) is 4.99. The highest BCUT2D eigenvalue weighted by Crippen LogP contribution is 2.18. The van der Waals surface area contributed by atoms with Gasteiger partial charge in [-0.3, -0.25) is 14.2 Å². The van der Waals surface area contributed by atoms with E-state index >= 15 is 0 Å². The van der Waals surface area contributed by atoms with Crippen LogP contribution < -0.4 is 10.9 Å². The topological polar surface area (TPSA) is 89.8 Å². The number of amides is 1. The number of hydrogen-bond acceptors (Lipinski definition) is 6. The highest BCUT2D eigenvalue weighted by molar-refractivity contribution is 7.15. The Morgan fingerprint density at radius 1 is 1.07 bits per heavy atom. The van der Waals surface area contributed by atoms with E-state index in [0.717, 1.165) is 17.8 Å². The number of aryl methyl sites for hydroxylation is 2. The molecule has 8 heteroatoms. The average molecular weight is 428 g/mol. The molecule has 0 radical (unpaired) electrons. The Bertz CT molecular complexity index is 1010. The summed E-state index contributed by atoms with van der Waals surface area (Å²) >= 11 is 1.44. The van der Waals surface area contributed by atoms with Crippen LogP contribution in [0.3, 0.4) is 0 Å². The van der Waals surface area contributed by atoms with Crippen molar-refractivity contribution in [3.05, 3.63) is 46.0 Å². The third-order valence-corrected chi connectivity index (χ3v) is 5.89. The molecule has 0 aliphatic carbocycles. The summed E-state index contributed by atoms with van der Waals surface area (Å²) in [6.07, 6.45) is 10.8. The molecule has 0 unspecified atom stereocenters. The van der Waals surface area contributed by atoms with Gasteiger partial charge in [0.05, 0.1) is 17.2 Å². The number of benzene rings is 1. The van der Waals surface area contributed by atoms with Crippen molar-refractivity contribution in [2.24, 2.45) is 0 Å². The number of unbranched alkanes of at least 4 members (excludes halogenated alkanes) is 5. The van der Waals surface area contributed by atoms with Gasteiger partial charge >= 0.3 is 0 Å². The Balaban J connectivity index is 1.40. The molecule has 160 valence electrons. The molecule has 1 amide bonds. The summed E-state index contributed by atoms with van der Waals surface area (Å²) in [5, 5.41) is 13.2. The van der Waals surface area contributed by atoms with Gasteiger partial charge in [0.15, 0.2) is 0 Å². The zero-order valence-electron chi connectivity index (χ0n) is 17.5. The number of nitrogens with one attached hydrogen (secondary N) is 1. The fourth-order valence-electron chi connectivity index (χ4n) is 3.32. The molecule has 7 nitrogen and oxygen atoms in total. The van der Waals surface area contributed by atoms with Gasteiger partial charge in [-0.2, -0.15) is 0 Å². The monoisotopic (exact) mass is 427 g/mol. The normalized spacial score (nSPS) is 11.1. The van der Waals surface area contributed by atoms with Gasteiger partial charge in [0.2, 0.25) is 11.0 Å². The minimum absolute atomic E-state index is 0.0792. The zero-order valence-corrected chi connectivity index (χ0v) is 18.3. The lowest BCUT2D eigenvalue weighted by molar-refractivity contribution is -0.116. The van der Waals surface area contributed by atoms with Gasteiger partial charge in [0, 0.05) is 19.4 Å². The van der Waals surface area contributed by atoms with Crippen molar-refractivity contribution in [3.63, 3.8) is 0 Å². The molecule has 0 bridgehead atoms. The Morgan fingerprint density at radius 3 is 2.73 bits per heavy atom. The number of aromatic nitrogens is 4. The first-order valence-electron chi connectivity index (χ1n) is 10.7. The van der Waals surface area contributed by atoms with Crippen LogP contribution >= 0.6 is 11.3 Å². The molecule has 0 saturated carbocycles. The Hall–Kier alpha value is -2.61. The molecule has 3 aromatic rings. The van der Waals surface area contributed by atoms with Gasteiger partial charge in [0.1, 0.15) is 5.01 Å². The first kappa shape index (κ1) is 22.1. The van der Waals surface area contributed by atoms with Crippen molar-refractivity contribution in [2.75, 3.05) is 5.32 Å². The number of carbonyl (C=O) groups excluding carboxylic acids is 1. The number of rotatable bonds is 12. The van der Waals surface area contributed by atoms with Crippen LogP contribution in [0.5, 0.6) is 0 Å². The molecule has 0 atom stereocenters. The molecule has 3 rings (SSSR count). The molecular formula is C22H29N5O2S. The van der Waals surface area contributed by atoms with Crippen molar-refractivity contribution < 1.29 is 4.79 Å². The summed E-state index contributed by atoms with van der Waals surface area (Å²) in [5.41, 5.74) is 0.606. The molecule has 0 spiro atoms. The maximum absolute atomic E-state index is 12.5. The zero-order chi connectivity index (χ0) is 21.2. The molecule has 30 heavy (non-hydrogen) atoms. The van der Waals surface area contributed by atoms with E-state index in [1.54, 1.807) is 17.0 Å². The smallest absolute Gasteiger partial charge is 0.261 e. The molecule has 0 aliphatic rings. The lowest BCUT2D eigenvalue weighted by atomic mass is 10.1. The van der Waals surface area contributed by atoms with E-state index in [9.17, 15) is 9.59 Å². The van der Waals surface area contributed by atoms with Crippen molar-refractivity contribution >= 4 is 33.3 Å². The second-order valence-electron chi connectivity index (χ2n) is 7.43. The summed E-state index contributed by atoms with van der Waals surface area (Å²) in [5.74, 6) is -0.112. The van der Waals surface area contributed by atoms with Crippen LogP contribution in [0, 0.1) is 0 Å². The maximum Gasteiger partial charge on any atom is 0.261 e. The minimum Gasteiger partial charge on any atom is -0.301 e. The summed E-state index contributed by atoms with van der Waals surface area (Å²) in [4.78, 5) is 29.0. The summed E-state index contributed by atoms with van der Waals surface area (Å²) in [7, 11) is 0. The van der Waals surface area contributed by atoms with Crippen molar-refractivity contribution in [2.45, 2.75) is 71.3 Å². The van der Waals surface area contributed by atoms with Gasteiger partial charge in [-0.15, -0.1) is 10.2 Å². The molecule has 2 aromatic heterocycles. The number of hydrogen-bond donors (Lipinski definition) is 1. The number of fused-ring (bicyclic) bond motifs is 1. The van der Waals surface area contributed by atoms with Crippen LogP contribution in [0.2, 0.25) is 0 Å². The van der Waals surface area contributed by atoms with E-state index in [1.807, 2.05) is 18.2 Å². The van der Waals surface area contributed by atoms with Crippen LogP contribution in [0.4, 0.5) is 5.13 Å². The number of nitrogens with zero attached hydrogens (tertiary/aromatic N) is 4. The third kappa shape index (κ3) is 6.45. The van der Waals surface area contributed by atoms with E-state index in [1.165, 1.54) is 43.4 Å². The van der Waals surface area contributed by atoms with Crippen LogP contribution in [0.1, 0.15) is 63.3 Å². The minimum atomic E-state index is -0.112. The second kappa shape index (κ2) is 11.5. The van der Waals surface area contributed by atoms with E-state index in [2.05, 4.69) is 27.4 Å². The largest absolute Gasteiger partial charge is 0.301 e. The fourth-order valence-corrected chi connectivity index (χ4v) is 4.12. The predicted octanol–water partition coefficient (Wildman–Crippen LogP) is 4.57. The molecule has 1 N–H and O–H groups in total. The Kier molecular flexibility index (Phi) is 8.50. The van der Waals surface area contributed by atoms with E-state index in [-0.39, 0.29) is 11.5 Å². The second-order valence-corrected chi connectivity index (χ2v) is 8.49. The number of anilines is 1. The lowest BCUT2D eigenvalue weighted by Gasteiger charge is -2.06. The fraction of sp³-hybridized carbons (Fsp3) is 0.500. The first-order valence-corrected chi connectivity index (χ1v) is 11.6. The maximum atomic E-state index is 12.5. The van der Waals surface area contributed by atoms with Gasteiger partial charge in [-0.1, -0.05) is 62.5 Å². The average Bonchev–Trinajstić information content (AvgIpc) is 3.19. The van der Waals surface area contributed by atoms with Gasteiger partial charge in [-0.05, 0) is 25.0 Å². The van der Waals surface area contributed by atoms with E-state index in [0.29, 0.717) is 35.4 Å². The van der Waals surface area contributed by atoms with Crippen molar-refractivity contribution in [1.82, 2.24) is 19.7 Å². The quantitative estimate of drug-likeness (QED) is 0.428. The highest BCUT2D eigenvalue weighted by Gasteiger charge is 2.09. The van der Waals surface area contributed by atoms with E-state index in [4.69, 9.17) is 0 Å². The lowest BCUT2D eigenvalue weighted by Crippen LogP contribution is -2.21. The Labute approximate surface area is 180 Å². The molecule has 0 fully saturated rings. The van der Waals surface area contributed by atoms with Crippen molar-refractivity contribution in [3.8, 4) is 0 Å². The van der Waals surface area contributed by atoms with Crippen molar-refractivity contribution in [1.29, 1.82) is 0 Å². The predicted molar refractivity (Wildman–Crippen MR) is 121 cm³/mol. The molecule has 0 saturated heterocycles. The van der Waals surface area contributed by atoms with Crippen LogP contribution in [0.25, 0.3) is 10.9 Å². The highest BCUT2D eigenvalue weighted by atomic mass is 32.1. The van der Waals surface area contributed by atoms with Crippen LogP contribution in [-0.2, 0) is 17.8 Å². The number of para-hydroxylation sites is 1. The first-order chi connectivity index (χ1) is 14.7. The molecular weight excluding hydrogens is 398 g/mol.